The van der Waals surface area contributed by atoms with Gasteiger partial charge in [-0.2, -0.15) is 0 Å². The third kappa shape index (κ3) is 4.78. The van der Waals surface area contributed by atoms with Gasteiger partial charge in [-0.05, 0) is 49.8 Å². The van der Waals surface area contributed by atoms with Gasteiger partial charge in [0.05, 0.1) is 6.10 Å². The van der Waals surface area contributed by atoms with Gasteiger partial charge >= 0.3 is 0 Å². The maximum Gasteiger partial charge on any atom is 0.253 e. The molecule has 1 amide bonds. The first-order valence-electron chi connectivity index (χ1n) is 12.8. The lowest BCUT2D eigenvalue weighted by molar-refractivity contribution is -0.124. The molecular formula is C26H36N4O3S. The van der Waals surface area contributed by atoms with Crippen LogP contribution in [0.2, 0.25) is 0 Å². The molecule has 0 radical (unpaired) electrons. The number of aryl methyl sites for hydroxylation is 1. The standard InChI is InChI=1S/C26H36N4O3S/c31-17-5-13-29-14-10-20-21(8-4-9-22(20)29)23(32)18-34-30-15-11-26(12-16-30)25(33)27-24(28-26)19-6-2-1-3-7-19/h4,8-10,14,19,23,31-32H,1-3,5-7,11-13,15-18H2,(H,27,28,33). The summed E-state index contributed by atoms with van der Waals surface area (Å²) in [5.41, 5.74) is 1.46. The normalized spacial score (nSPS) is 22.3. The number of rotatable bonds is 8. The number of benzene rings is 1. The van der Waals surface area contributed by atoms with E-state index >= 15 is 0 Å². The van der Waals surface area contributed by atoms with Crippen molar-refractivity contribution in [2.75, 3.05) is 25.4 Å². The number of piperidine rings is 1. The molecule has 184 valence electrons. The summed E-state index contributed by atoms with van der Waals surface area (Å²) in [6.07, 6.45) is 9.72. The molecule has 1 atom stereocenters. The summed E-state index contributed by atoms with van der Waals surface area (Å²) in [6.45, 7) is 2.54. The molecule has 1 unspecified atom stereocenters. The van der Waals surface area contributed by atoms with E-state index in [-0.39, 0.29) is 12.5 Å². The fraction of sp³-hybridized carbons (Fsp3) is 0.615. The Morgan fingerprint density at radius 2 is 1.97 bits per heavy atom. The zero-order chi connectivity index (χ0) is 23.5. The Labute approximate surface area is 205 Å². The van der Waals surface area contributed by atoms with E-state index in [0.717, 1.165) is 67.6 Å². The highest BCUT2D eigenvalue weighted by Gasteiger charge is 2.47. The average molecular weight is 485 g/mol. The predicted octanol–water partition coefficient (Wildman–Crippen LogP) is 3.65. The number of aliphatic hydroxyl groups is 2. The van der Waals surface area contributed by atoms with Gasteiger partial charge in [-0.1, -0.05) is 43.3 Å². The minimum absolute atomic E-state index is 0.0927. The Morgan fingerprint density at radius 1 is 1.18 bits per heavy atom. The lowest BCUT2D eigenvalue weighted by atomic mass is 9.88. The van der Waals surface area contributed by atoms with Gasteiger partial charge in [0.15, 0.2) is 0 Å². The van der Waals surface area contributed by atoms with Crippen molar-refractivity contribution < 1.29 is 15.0 Å². The highest BCUT2D eigenvalue weighted by atomic mass is 32.2. The fourth-order valence-corrected chi connectivity index (χ4v) is 6.65. The summed E-state index contributed by atoms with van der Waals surface area (Å²) in [5.74, 6) is 2.05. The lowest BCUT2D eigenvalue weighted by Crippen LogP contribution is -2.47. The zero-order valence-corrected chi connectivity index (χ0v) is 20.6. The quantitative estimate of drug-likeness (QED) is 0.498. The van der Waals surface area contributed by atoms with Gasteiger partial charge in [0, 0.05) is 55.0 Å². The summed E-state index contributed by atoms with van der Waals surface area (Å²) in [4.78, 5) is 17.8. The van der Waals surface area contributed by atoms with Crippen LogP contribution in [0.5, 0.6) is 0 Å². The van der Waals surface area contributed by atoms with E-state index in [2.05, 4.69) is 26.3 Å². The van der Waals surface area contributed by atoms with E-state index in [9.17, 15) is 9.90 Å². The van der Waals surface area contributed by atoms with Crippen LogP contribution in [-0.4, -0.2) is 61.8 Å². The molecule has 2 fully saturated rings. The Bertz CT molecular complexity index is 1040. The molecule has 3 aliphatic rings. The molecule has 7 nitrogen and oxygen atoms in total. The Morgan fingerprint density at radius 3 is 2.74 bits per heavy atom. The number of hydrogen-bond donors (Lipinski definition) is 3. The Kier molecular flexibility index (Phi) is 7.30. The molecule has 1 aromatic heterocycles. The minimum atomic E-state index is -0.578. The second-order valence-electron chi connectivity index (χ2n) is 9.92. The van der Waals surface area contributed by atoms with Crippen LogP contribution in [-0.2, 0) is 11.3 Å². The number of amidine groups is 1. The number of carbonyl (C=O) groups is 1. The maximum absolute atomic E-state index is 12.8. The van der Waals surface area contributed by atoms with Gasteiger partial charge in [-0.15, -0.1) is 0 Å². The van der Waals surface area contributed by atoms with E-state index in [1.807, 2.05) is 18.3 Å². The molecule has 34 heavy (non-hydrogen) atoms. The number of carbonyl (C=O) groups excluding carboxylic acids is 1. The molecule has 8 heteroatoms. The summed E-state index contributed by atoms with van der Waals surface area (Å²) in [7, 11) is 0. The van der Waals surface area contributed by atoms with Crippen molar-refractivity contribution in [1.29, 1.82) is 0 Å². The van der Waals surface area contributed by atoms with E-state index in [1.165, 1.54) is 19.3 Å². The molecule has 1 saturated heterocycles. The van der Waals surface area contributed by atoms with Gasteiger partial charge in [0.25, 0.3) is 5.91 Å². The van der Waals surface area contributed by atoms with Crippen molar-refractivity contribution in [1.82, 2.24) is 14.2 Å². The third-order valence-electron chi connectivity index (χ3n) is 7.72. The molecule has 2 aromatic rings. The van der Waals surface area contributed by atoms with Crippen LogP contribution in [0, 0.1) is 5.92 Å². The third-order valence-corrected chi connectivity index (χ3v) is 8.91. The summed E-state index contributed by atoms with van der Waals surface area (Å²) in [6, 6.07) is 8.11. The van der Waals surface area contributed by atoms with E-state index < -0.39 is 11.6 Å². The van der Waals surface area contributed by atoms with Crippen molar-refractivity contribution in [2.45, 2.75) is 69.6 Å². The number of aromatic nitrogens is 1. The second kappa shape index (κ2) is 10.4. The highest BCUT2D eigenvalue weighted by Crippen LogP contribution is 2.36. The molecule has 3 heterocycles. The molecular weight excluding hydrogens is 448 g/mol. The molecule has 1 aliphatic carbocycles. The van der Waals surface area contributed by atoms with E-state index in [4.69, 9.17) is 10.1 Å². The lowest BCUT2D eigenvalue weighted by Gasteiger charge is -2.35. The first-order chi connectivity index (χ1) is 16.6. The number of nitrogens with one attached hydrogen (secondary N) is 1. The largest absolute Gasteiger partial charge is 0.396 e. The zero-order valence-electron chi connectivity index (χ0n) is 19.8. The maximum atomic E-state index is 12.8. The first kappa shape index (κ1) is 23.9. The van der Waals surface area contributed by atoms with Crippen molar-refractivity contribution in [3.8, 4) is 0 Å². The number of aliphatic hydroxyl groups excluding tert-OH is 2. The number of amides is 1. The van der Waals surface area contributed by atoms with Crippen molar-refractivity contribution in [3.63, 3.8) is 0 Å². The topological polar surface area (TPSA) is 90.1 Å². The van der Waals surface area contributed by atoms with Crippen LogP contribution >= 0.6 is 11.9 Å². The van der Waals surface area contributed by atoms with Crippen molar-refractivity contribution in [3.05, 3.63) is 36.0 Å². The molecule has 0 bridgehead atoms. The van der Waals surface area contributed by atoms with Crippen LogP contribution in [0.4, 0.5) is 0 Å². The highest BCUT2D eigenvalue weighted by molar-refractivity contribution is 7.97. The van der Waals surface area contributed by atoms with Crippen LogP contribution in [0.3, 0.4) is 0 Å². The van der Waals surface area contributed by atoms with Gasteiger partial charge in [0.2, 0.25) is 0 Å². The number of hydrogen-bond acceptors (Lipinski definition) is 6. The number of aliphatic imine (C=N–C) groups is 1. The van der Waals surface area contributed by atoms with Crippen molar-refractivity contribution >= 4 is 34.6 Å². The summed E-state index contributed by atoms with van der Waals surface area (Å²) in [5, 5.41) is 24.3. The molecule has 2 aliphatic heterocycles. The van der Waals surface area contributed by atoms with Crippen LogP contribution in [0.25, 0.3) is 10.9 Å². The average Bonchev–Trinajstić information content (AvgIpc) is 3.43. The first-order valence-corrected chi connectivity index (χ1v) is 13.7. The van der Waals surface area contributed by atoms with Crippen LogP contribution < -0.4 is 5.32 Å². The van der Waals surface area contributed by atoms with Gasteiger partial charge in [0.1, 0.15) is 11.4 Å². The summed E-state index contributed by atoms with van der Waals surface area (Å²) >= 11 is 1.67. The van der Waals surface area contributed by atoms with Gasteiger partial charge < -0.3 is 20.1 Å². The molecule has 1 spiro atoms. The van der Waals surface area contributed by atoms with E-state index in [1.54, 1.807) is 11.9 Å². The van der Waals surface area contributed by atoms with Crippen LogP contribution in [0.1, 0.15) is 63.0 Å². The Hall–Kier alpha value is -1.87. The predicted molar refractivity (Wildman–Crippen MR) is 137 cm³/mol. The second-order valence-corrected chi connectivity index (χ2v) is 11.0. The Balaban J connectivity index is 1.17. The molecule has 3 N–H and O–H groups in total. The van der Waals surface area contributed by atoms with Gasteiger partial charge in [-0.25, -0.2) is 0 Å². The molecule has 1 saturated carbocycles. The van der Waals surface area contributed by atoms with Crippen LogP contribution in [0.15, 0.2) is 35.5 Å². The number of nitrogens with zero attached hydrogens (tertiary/aromatic N) is 3. The van der Waals surface area contributed by atoms with E-state index in [0.29, 0.717) is 18.1 Å². The number of fused-ring (bicyclic) bond motifs is 1. The smallest absolute Gasteiger partial charge is 0.253 e. The summed E-state index contributed by atoms with van der Waals surface area (Å²) < 4.78 is 4.41. The van der Waals surface area contributed by atoms with Crippen molar-refractivity contribution in [2.24, 2.45) is 10.9 Å². The SMILES string of the molecule is O=C1NC(C2CCCCC2)=NC12CCN(SCC(O)c1cccc3c1ccn3CCCO)CC2. The monoisotopic (exact) mass is 484 g/mol. The fourth-order valence-electron chi connectivity index (χ4n) is 5.68. The molecule has 5 rings (SSSR count). The van der Waals surface area contributed by atoms with Gasteiger partial charge in [-0.3, -0.25) is 14.1 Å². The molecule has 1 aromatic carbocycles. The minimum Gasteiger partial charge on any atom is -0.396 e.